The first-order valence-corrected chi connectivity index (χ1v) is 10.9. The predicted molar refractivity (Wildman–Crippen MR) is 113 cm³/mol. The van der Waals surface area contributed by atoms with Crippen molar-refractivity contribution >= 4 is 11.8 Å². The first-order chi connectivity index (χ1) is 15.7. The Hall–Kier alpha value is -2.95. The summed E-state index contributed by atoms with van der Waals surface area (Å²) in [5.41, 5.74) is -2.32. The monoisotopic (exact) mass is 469 g/mol. The third-order valence-corrected chi connectivity index (χ3v) is 5.70. The Labute approximate surface area is 189 Å². The van der Waals surface area contributed by atoms with Gasteiger partial charge in [0.25, 0.3) is 5.91 Å². The minimum Gasteiger partial charge on any atom is -0.342 e. The van der Waals surface area contributed by atoms with Crippen LogP contribution in [0.15, 0.2) is 30.5 Å². The van der Waals surface area contributed by atoms with Gasteiger partial charge < -0.3 is 9.80 Å². The number of halogens is 4. The van der Waals surface area contributed by atoms with Gasteiger partial charge >= 0.3 is 6.18 Å². The molecule has 0 radical (unpaired) electrons. The summed E-state index contributed by atoms with van der Waals surface area (Å²) < 4.78 is 56.3. The molecule has 0 unspecified atom stereocenters. The van der Waals surface area contributed by atoms with Gasteiger partial charge in [-0.05, 0) is 32.4 Å². The Kier molecular flexibility index (Phi) is 7.72. The zero-order chi connectivity index (χ0) is 24.2. The molecule has 0 spiro atoms. The summed E-state index contributed by atoms with van der Waals surface area (Å²) in [4.78, 5) is 30.4. The molecule has 33 heavy (non-hydrogen) atoms. The van der Waals surface area contributed by atoms with Crippen molar-refractivity contribution < 1.29 is 27.2 Å². The molecule has 0 N–H and O–H groups in total. The van der Waals surface area contributed by atoms with Gasteiger partial charge in [-0.1, -0.05) is 12.1 Å². The molecule has 7 nitrogen and oxygen atoms in total. The maximum atomic E-state index is 14.2. The van der Waals surface area contributed by atoms with E-state index in [-0.39, 0.29) is 31.2 Å². The van der Waals surface area contributed by atoms with Crippen molar-refractivity contribution in [3.8, 4) is 5.69 Å². The van der Waals surface area contributed by atoms with Gasteiger partial charge in [0.05, 0.1) is 18.3 Å². The van der Waals surface area contributed by atoms with E-state index >= 15 is 0 Å². The minimum absolute atomic E-state index is 0.0229. The maximum Gasteiger partial charge on any atom is 0.434 e. The van der Waals surface area contributed by atoms with Crippen LogP contribution in [0.1, 0.15) is 36.3 Å². The number of nitrogens with zero attached hydrogens (tertiary/aromatic N) is 5. The molecule has 1 aromatic carbocycles. The summed E-state index contributed by atoms with van der Waals surface area (Å²) in [6.45, 7) is 6.51. The van der Waals surface area contributed by atoms with Crippen LogP contribution in [0.2, 0.25) is 0 Å². The second-order valence-electron chi connectivity index (χ2n) is 7.76. The molecule has 2 aromatic rings. The molecule has 0 aliphatic carbocycles. The normalized spacial score (nSPS) is 15.4. The number of hydrogen-bond acceptors (Lipinski definition) is 4. The van der Waals surface area contributed by atoms with E-state index in [1.54, 1.807) is 4.90 Å². The first kappa shape index (κ1) is 24.7. The van der Waals surface area contributed by atoms with Crippen LogP contribution in [0, 0.1) is 5.82 Å². The molecule has 1 saturated heterocycles. The highest BCUT2D eigenvalue weighted by molar-refractivity contribution is 5.95. The molecule has 1 fully saturated rings. The molecule has 0 saturated carbocycles. The van der Waals surface area contributed by atoms with Gasteiger partial charge in [-0.15, -0.1) is 0 Å². The lowest BCUT2D eigenvalue weighted by molar-refractivity contribution is -0.143. The summed E-state index contributed by atoms with van der Waals surface area (Å²) in [6.07, 6.45) is -3.57. The largest absolute Gasteiger partial charge is 0.434 e. The summed E-state index contributed by atoms with van der Waals surface area (Å²) in [5, 5.41) is 3.69. The highest BCUT2D eigenvalue weighted by Gasteiger charge is 2.42. The fraction of sp³-hybridized carbons (Fsp3) is 0.500. The van der Waals surface area contributed by atoms with Crippen LogP contribution < -0.4 is 0 Å². The molecule has 1 aliphatic heterocycles. The van der Waals surface area contributed by atoms with Crippen LogP contribution in [0.4, 0.5) is 17.6 Å². The van der Waals surface area contributed by atoms with Crippen molar-refractivity contribution in [2.75, 3.05) is 45.8 Å². The van der Waals surface area contributed by atoms with E-state index in [1.807, 2.05) is 18.7 Å². The lowest BCUT2D eigenvalue weighted by Gasteiger charge is -2.25. The average Bonchev–Trinajstić information content (AvgIpc) is 3.09. The Balaban J connectivity index is 1.80. The number of alkyl halides is 3. The SMILES string of the molecule is CCN(CC)C(=O)CN1CCCN(C(=O)c2cnn(-c3ccccc3F)c2C(F)(F)F)CC1. The van der Waals surface area contributed by atoms with Crippen molar-refractivity contribution in [3.63, 3.8) is 0 Å². The standard InChI is InChI=1S/C22H27F4N5O2/c1-3-29(4-2)19(32)15-28-10-7-11-30(13-12-28)21(33)16-14-27-31(20(16)22(24,25)26)18-9-6-5-8-17(18)23/h5-6,8-9,14H,3-4,7,10-13,15H2,1-2H3. The van der Waals surface area contributed by atoms with Gasteiger partial charge in [-0.25, -0.2) is 9.07 Å². The van der Waals surface area contributed by atoms with Crippen LogP contribution in [-0.2, 0) is 11.0 Å². The molecule has 1 aliphatic rings. The Morgan fingerprint density at radius 2 is 1.76 bits per heavy atom. The summed E-state index contributed by atoms with van der Waals surface area (Å²) >= 11 is 0. The van der Waals surface area contributed by atoms with Crippen molar-refractivity contribution in [1.29, 1.82) is 0 Å². The van der Waals surface area contributed by atoms with Gasteiger partial charge in [-0.3, -0.25) is 14.5 Å². The van der Waals surface area contributed by atoms with Crippen LogP contribution in [0.3, 0.4) is 0 Å². The summed E-state index contributed by atoms with van der Waals surface area (Å²) in [5.74, 6) is -1.72. The highest BCUT2D eigenvalue weighted by atomic mass is 19.4. The fourth-order valence-electron chi connectivity index (χ4n) is 3.95. The quantitative estimate of drug-likeness (QED) is 0.611. The summed E-state index contributed by atoms with van der Waals surface area (Å²) in [7, 11) is 0. The van der Waals surface area contributed by atoms with E-state index in [2.05, 4.69) is 5.10 Å². The molecule has 11 heteroatoms. The Bertz CT molecular complexity index is 987. The van der Waals surface area contributed by atoms with Crippen molar-refractivity contribution in [2.45, 2.75) is 26.4 Å². The van der Waals surface area contributed by atoms with Gasteiger partial charge in [0.2, 0.25) is 5.91 Å². The predicted octanol–water partition coefficient (Wildman–Crippen LogP) is 3.05. The van der Waals surface area contributed by atoms with E-state index in [0.717, 1.165) is 12.3 Å². The number of benzene rings is 1. The lowest BCUT2D eigenvalue weighted by Crippen LogP contribution is -2.42. The van der Waals surface area contributed by atoms with E-state index in [0.29, 0.717) is 37.3 Å². The molecule has 0 bridgehead atoms. The zero-order valence-corrected chi connectivity index (χ0v) is 18.6. The third kappa shape index (κ3) is 5.52. The van der Waals surface area contributed by atoms with Crippen molar-refractivity contribution in [3.05, 3.63) is 47.5 Å². The molecule has 2 heterocycles. The minimum atomic E-state index is -4.92. The van der Waals surface area contributed by atoms with Crippen molar-refractivity contribution in [2.24, 2.45) is 0 Å². The van der Waals surface area contributed by atoms with Gasteiger partial charge in [0.15, 0.2) is 5.69 Å². The molecule has 1 aromatic heterocycles. The van der Waals surface area contributed by atoms with Crippen molar-refractivity contribution in [1.82, 2.24) is 24.5 Å². The van der Waals surface area contributed by atoms with E-state index in [4.69, 9.17) is 0 Å². The van der Waals surface area contributed by atoms with Crippen LogP contribution in [-0.4, -0.2) is 82.1 Å². The number of hydrogen-bond donors (Lipinski definition) is 0. The number of para-hydroxylation sites is 1. The zero-order valence-electron chi connectivity index (χ0n) is 18.6. The average molecular weight is 469 g/mol. The molecule has 3 rings (SSSR count). The Morgan fingerprint density at radius 3 is 2.39 bits per heavy atom. The van der Waals surface area contributed by atoms with E-state index in [1.165, 1.54) is 23.1 Å². The summed E-state index contributed by atoms with van der Waals surface area (Å²) in [6, 6.07) is 4.95. The molecule has 2 amide bonds. The van der Waals surface area contributed by atoms with E-state index < -0.39 is 29.2 Å². The fourth-order valence-corrected chi connectivity index (χ4v) is 3.95. The third-order valence-electron chi connectivity index (χ3n) is 5.70. The van der Waals surface area contributed by atoms with Crippen LogP contribution in [0.5, 0.6) is 0 Å². The van der Waals surface area contributed by atoms with Gasteiger partial charge in [-0.2, -0.15) is 18.3 Å². The number of likely N-dealkylation sites (N-methyl/N-ethyl adjacent to an activating group) is 1. The lowest BCUT2D eigenvalue weighted by atomic mass is 10.2. The second-order valence-corrected chi connectivity index (χ2v) is 7.76. The molecular weight excluding hydrogens is 442 g/mol. The van der Waals surface area contributed by atoms with Crippen LogP contribution >= 0.6 is 0 Å². The number of rotatable bonds is 6. The topological polar surface area (TPSA) is 61.7 Å². The second kappa shape index (κ2) is 10.3. The number of amides is 2. The van der Waals surface area contributed by atoms with Gasteiger partial charge in [0.1, 0.15) is 11.5 Å². The van der Waals surface area contributed by atoms with Crippen LogP contribution in [0.25, 0.3) is 5.69 Å². The maximum absolute atomic E-state index is 14.2. The highest BCUT2D eigenvalue weighted by Crippen LogP contribution is 2.34. The molecule has 180 valence electrons. The number of aromatic nitrogens is 2. The Morgan fingerprint density at radius 1 is 1.06 bits per heavy atom. The number of carbonyl (C=O) groups is 2. The van der Waals surface area contributed by atoms with E-state index in [9.17, 15) is 27.2 Å². The smallest absolute Gasteiger partial charge is 0.342 e. The first-order valence-electron chi connectivity index (χ1n) is 10.9. The molecule has 0 atom stereocenters. The number of carbonyl (C=O) groups excluding carboxylic acids is 2. The molecular formula is C22H27F4N5O2. The van der Waals surface area contributed by atoms with Gasteiger partial charge in [0, 0.05) is 39.3 Å².